The first-order valence-corrected chi connectivity index (χ1v) is 5.82. The monoisotopic (exact) mass is 252 g/mol. The number of H-pyrrole nitrogens is 2. The van der Waals surface area contributed by atoms with Crippen molar-refractivity contribution in [3.8, 4) is 22.5 Å². The van der Waals surface area contributed by atoms with E-state index in [4.69, 9.17) is 5.73 Å². The molecule has 94 valence electrons. The number of carbonyl (C=O) groups excluding carboxylic acids is 1. The molecule has 0 spiro atoms. The Morgan fingerprint density at radius 1 is 1.16 bits per heavy atom. The molecule has 0 saturated carbocycles. The zero-order valence-electron chi connectivity index (χ0n) is 10.1. The van der Waals surface area contributed by atoms with Crippen LogP contribution >= 0.6 is 0 Å². The predicted octanol–water partition coefficient (Wildman–Crippen LogP) is 2.17. The highest BCUT2D eigenvalue weighted by Gasteiger charge is 2.15. The molecule has 5 nitrogen and oxygen atoms in total. The first-order chi connectivity index (χ1) is 9.25. The Morgan fingerprint density at radius 2 is 1.95 bits per heavy atom. The Balaban J connectivity index is 2.15. The second kappa shape index (κ2) is 4.45. The summed E-state index contributed by atoms with van der Waals surface area (Å²) in [5.74, 6) is -0.451. The van der Waals surface area contributed by atoms with Crippen molar-refractivity contribution in [1.82, 2.24) is 15.0 Å². The topological polar surface area (TPSA) is 87.6 Å². The van der Waals surface area contributed by atoms with Gasteiger partial charge in [-0.25, -0.2) is 0 Å². The Morgan fingerprint density at radius 3 is 2.58 bits per heavy atom. The van der Waals surface area contributed by atoms with Gasteiger partial charge in [0.2, 0.25) is 0 Å². The summed E-state index contributed by atoms with van der Waals surface area (Å²) in [5.41, 5.74) is 9.33. The van der Waals surface area contributed by atoms with E-state index in [1.54, 1.807) is 24.7 Å². The number of aromatic nitrogens is 3. The van der Waals surface area contributed by atoms with Crippen LogP contribution in [-0.4, -0.2) is 20.9 Å². The van der Waals surface area contributed by atoms with E-state index in [9.17, 15) is 4.79 Å². The first kappa shape index (κ1) is 11.3. The van der Waals surface area contributed by atoms with E-state index < -0.39 is 5.91 Å². The van der Waals surface area contributed by atoms with E-state index in [1.165, 1.54) is 0 Å². The lowest BCUT2D eigenvalue weighted by molar-refractivity contribution is 0.100. The van der Waals surface area contributed by atoms with Crippen molar-refractivity contribution < 1.29 is 4.79 Å². The van der Waals surface area contributed by atoms with Crippen LogP contribution in [0.3, 0.4) is 0 Å². The van der Waals surface area contributed by atoms with Crippen LogP contribution in [0.5, 0.6) is 0 Å². The van der Waals surface area contributed by atoms with E-state index in [2.05, 4.69) is 15.0 Å². The van der Waals surface area contributed by atoms with Crippen LogP contribution in [0.25, 0.3) is 22.5 Å². The zero-order chi connectivity index (χ0) is 13.2. The Hall–Kier alpha value is -2.82. The van der Waals surface area contributed by atoms with Crippen LogP contribution in [0.4, 0.5) is 0 Å². The van der Waals surface area contributed by atoms with Gasteiger partial charge >= 0.3 is 0 Å². The van der Waals surface area contributed by atoms with Crippen molar-refractivity contribution in [3.63, 3.8) is 0 Å². The molecule has 3 heterocycles. The van der Waals surface area contributed by atoms with Crippen molar-refractivity contribution in [1.29, 1.82) is 0 Å². The molecule has 0 radical (unpaired) electrons. The molecular formula is C14H12N4O. The zero-order valence-corrected chi connectivity index (χ0v) is 10.1. The SMILES string of the molecule is NC(=O)c1cc(-c2ccncc2)[nH]c1-c1cc[nH]c1. The Kier molecular flexibility index (Phi) is 2.64. The number of hydrogen-bond acceptors (Lipinski definition) is 2. The standard InChI is InChI=1S/C14H12N4O/c15-14(19)11-7-12(9-1-4-16-5-2-9)18-13(11)10-3-6-17-8-10/h1-8,17-18H,(H2,15,19). The lowest BCUT2D eigenvalue weighted by atomic mass is 10.1. The number of pyridine rings is 1. The van der Waals surface area contributed by atoms with Gasteiger partial charge in [0, 0.05) is 41.6 Å². The number of aromatic amines is 2. The van der Waals surface area contributed by atoms with Gasteiger partial charge in [-0.15, -0.1) is 0 Å². The Labute approximate surface area is 109 Å². The maximum atomic E-state index is 11.5. The summed E-state index contributed by atoms with van der Waals surface area (Å²) in [6, 6.07) is 7.39. The molecule has 0 aliphatic heterocycles. The van der Waals surface area contributed by atoms with Gasteiger partial charge in [-0.3, -0.25) is 9.78 Å². The van der Waals surface area contributed by atoms with Gasteiger partial charge in [0.05, 0.1) is 11.3 Å². The molecule has 0 aliphatic carbocycles. The molecule has 0 aliphatic rings. The molecule has 0 saturated heterocycles. The molecule has 0 aromatic carbocycles. The number of rotatable bonds is 3. The van der Waals surface area contributed by atoms with Gasteiger partial charge in [-0.05, 0) is 24.3 Å². The number of carbonyl (C=O) groups is 1. The third-order valence-electron chi connectivity index (χ3n) is 2.96. The number of nitrogens with two attached hydrogens (primary N) is 1. The minimum absolute atomic E-state index is 0.451. The van der Waals surface area contributed by atoms with Crippen LogP contribution in [0.1, 0.15) is 10.4 Å². The fourth-order valence-corrected chi connectivity index (χ4v) is 2.04. The van der Waals surface area contributed by atoms with E-state index in [0.29, 0.717) is 5.56 Å². The Bertz CT molecular complexity index is 698. The van der Waals surface area contributed by atoms with Crippen molar-refractivity contribution in [2.45, 2.75) is 0 Å². The highest BCUT2D eigenvalue weighted by Crippen LogP contribution is 2.28. The van der Waals surface area contributed by atoms with Gasteiger partial charge in [0.25, 0.3) is 5.91 Å². The van der Waals surface area contributed by atoms with Crippen molar-refractivity contribution in [2.24, 2.45) is 5.73 Å². The van der Waals surface area contributed by atoms with Gasteiger partial charge in [0.15, 0.2) is 0 Å². The van der Waals surface area contributed by atoms with E-state index in [0.717, 1.165) is 22.5 Å². The molecule has 5 heteroatoms. The molecule has 19 heavy (non-hydrogen) atoms. The number of amides is 1. The fraction of sp³-hybridized carbons (Fsp3) is 0. The summed E-state index contributed by atoms with van der Waals surface area (Å²) in [6.45, 7) is 0. The predicted molar refractivity (Wildman–Crippen MR) is 72.3 cm³/mol. The van der Waals surface area contributed by atoms with Crippen LogP contribution in [0.2, 0.25) is 0 Å². The quantitative estimate of drug-likeness (QED) is 0.667. The maximum absolute atomic E-state index is 11.5. The van der Waals surface area contributed by atoms with Crippen LogP contribution < -0.4 is 5.73 Å². The van der Waals surface area contributed by atoms with Crippen LogP contribution in [0.15, 0.2) is 49.1 Å². The summed E-state index contributed by atoms with van der Waals surface area (Å²) in [7, 11) is 0. The number of nitrogens with zero attached hydrogens (tertiary/aromatic N) is 1. The van der Waals surface area contributed by atoms with E-state index in [1.807, 2.05) is 24.4 Å². The molecule has 3 rings (SSSR count). The third-order valence-corrected chi connectivity index (χ3v) is 2.96. The van der Waals surface area contributed by atoms with Gasteiger partial charge in [-0.2, -0.15) is 0 Å². The van der Waals surface area contributed by atoms with Crippen LogP contribution in [0, 0.1) is 0 Å². The van der Waals surface area contributed by atoms with Gasteiger partial charge in [-0.1, -0.05) is 0 Å². The van der Waals surface area contributed by atoms with Crippen molar-refractivity contribution in [2.75, 3.05) is 0 Å². The molecule has 3 aromatic rings. The molecule has 0 unspecified atom stereocenters. The highest BCUT2D eigenvalue weighted by molar-refractivity contribution is 6.00. The average molecular weight is 252 g/mol. The number of nitrogens with one attached hydrogen (secondary N) is 2. The number of hydrogen-bond donors (Lipinski definition) is 3. The maximum Gasteiger partial charge on any atom is 0.250 e. The second-order valence-electron chi connectivity index (χ2n) is 4.17. The average Bonchev–Trinajstić information content (AvgIpc) is 3.08. The lowest BCUT2D eigenvalue weighted by Gasteiger charge is -1.97. The molecule has 0 atom stereocenters. The molecular weight excluding hydrogens is 240 g/mol. The molecule has 0 fully saturated rings. The molecule has 4 N–H and O–H groups in total. The highest BCUT2D eigenvalue weighted by atomic mass is 16.1. The third kappa shape index (κ3) is 2.01. The second-order valence-corrected chi connectivity index (χ2v) is 4.17. The molecule has 3 aromatic heterocycles. The minimum Gasteiger partial charge on any atom is -0.367 e. The first-order valence-electron chi connectivity index (χ1n) is 5.82. The van der Waals surface area contributed by atoms with Gasteiger partial charge in [0.1, 0.15) is 0 Å². The minimum atomic E-state index is -0.451. The van der Waals surface area contributed by atoms with Crippen molar-refractivity contribution >= 4 is 5.91 Å². The van der Waals surface area contributed by atoms with E-state index in [-0.39, 0.29) is 0 Å². The summed E-state index contributed by atoms with van der Waals surface area (Å²) >= 11 is 0. The lowest BCUT2D eigenvalue weighted by Crippen LogP contribution is -2.10. The van der Waals surface area contributed by atoms with E-state index >= 15 is 0 Å². The largest absolute Gasteiger partial charge is 0.367 e. The smallest absolute Gasteiger partial charge is 0.250 e. The number of primary amides is 1. The molecule has 1 amide bonds. The normalized spacial score (nSPS) is 10.5. The van der Waals surface area contributed by atoms with Gasteiger partial charge < -0.3 is 15.7 Å². The van der Waals surface area contributed by atoms with Crippen molar-refractivity contribution in [3.05, 3.63) is 54.6 Å². The summed E-state index contributed by atoms with van der Waals surface area (Å²) in [5, 5.41) is 0. The molecule has 0 bridgehead atoms. The summed E-state index contributed by atoms with van der Waals surface area (Å²) in [6.07, 6.45) is 7.02. The summed E-state index contributed by atoms with van der Waals surface area (Å²) < 4.78 is 0. The fourth-order valence-electron chi connectivity index (χ4n) is 2.04. The van der Waals surface area contributed by atoms with Crippen LogP contribution in [-0.2, 0) is 0 Å². The summed E-state index contributed by atoms with van der Waals surface area (Å²) in [4.78, 5) is 21.7.